The molecule has 0 aliphatic rings. The van der Waals surface area contributed by atoms with Crippen molar-refractivity contribution in [1.29, 1.82) is 0 Å². The van der Waals surface area contributed by atoms with Crippen molar-refractivity contribution in [2.45, 2.75) is 25.8 Å². The number of aromatic nitrogens is 5. The molecule has 0 unspecified atom stereocenters. The Labute approximate surface area is 219 Å². The Bertz CT molecular complexity index is 1470. The molecule has 9 nitrogen and oxygen atoms in total. The minimum atomic E-state index is -0.215. The van der Waals surface area contributed by atoms with Crippen LogP contribution in [0.25, 0.3) is 23.2 Å². The number of thiazole rings is 1. The predicted molar refractivity (Wildman–Crippen MR) is 137 cm³/mol. The number of hydrogen-bond acceptors (Lipinski definition) is 9. The van der Waals surface area contributed by atoms with E-state index in [1.165, 1.54) is 29.4 Å². The van der Waals surface area contributed by atoms with Crippen LogP contribution in [0.1, 0.15) is 40.3 Å². The Morgan fingerprint density at radius 2 is 1.89 bits per heavy atom. The van der Waals surface area contributed by atoms with Gasteiger partial charge in [-0.3, -0.25) is 4.79 Å². The van der Waals surface area contributed by atoms with Crippen LogP contribution in [0.15, 0.2) is 73.1 Å². The number of rotatable bonds is 8. The highest BCUT2D eigenvalue weighted by Crippen LogP contribution is 2.27. The average Bonchev–Trinajstić information content (AvgIpc) is 3.66. The number of nitrogens with zero attached hydrogens (tertiary/aromatic N) is 6. The van der Waals surface area contributed by atoms with E-state index in [0.717, 1.165) is 16.0 Å². The maximum absolute atomic E-state index is 13.3. The van der Waals surface area contributed by atoms with E-state index >= 15 is 0 Å². The molecule has 0 spiro atoms. The lowest BCUT2D eigenvalue weighted by Gasteiger charge is -2.16. The number of benzene rings is 1. The molecule has 0 saturated heterocycles. The van der Waals surface area contributed by atoms with Crippen LogP contribution in [-0.2, 0) is 13.0 Å². The lowest BCUT2D eigenvalue weighted by molar-refractivity contribution is 0.0783. The Balaban J connectivity index is 1.44. The summed E-state index contributed by atoms with van der Waals surface area (Å²) in [6.45, 7) is 2.39. The Morgan fingerprint density at radius 1 is 1.11 bits per heavy atom. The molecule has 0 fully saturated rings. The Kier molecular flexibility index (Phi) is 7.01. The highest BCUT2D eigenvalue weighted by molar-refractivity contribution is 9.11. The number of carbonyl (C=O) groups is 1. The molecule has 0 N–H and O–H groups in total. The van der Waals surface area contributed by atoms with E-state index in [9.17, 15) is 4.79 Å². The first-order valence-corrected chi connectivity index (χ1v) is 12.8. The van der Waals surface area contributed by atoms with Crippen molar-refractivity contribution < 1.29 is 13.6 Å². The number of oxazole rings is 1. The molecule has 1 atom stereocenters. The Morgan fingerprint density at radius 3 is 2.58 bits per heavy atom. The number of hydrogen-bond donors (Lipinski definition) is 0. The van der Waals surface area contributed by atoms with E-state index in [0.29, 0.717) is 29.4 Å². The van der Waals surface area contributed by atoms with Crippen molar-refractivity contribution in [3.63, 3.8) is 0 Å². The average molecular weight is 565 g/mol. The summed E-state index contributed by atoms with van der Waals surface area (Å²) >= 11 is 4.83. The van der Waals surface area contributed by atoms with Crippen LogP contribution in [0, 0.1) is 0 Å². The van der Waals surface area contributed by atoms with Crippen LogP contribution in [0.3, 0.4) is 0 Å². The molecule has 182 valence electrons. The molecular formula is C25H21BrN6O3S. The van der Waals surface area contributed by atoms with Gasteiger partial charge in [0.1, 0.15) is 17.7 Å². The summed E-state index contributed by atoms with van der Waals surface area (Å²) in [5.41, 5.74) is 3.12. The van der Waals surface area contributed by atoms with Crippen LogP contribution < -0.4 is 0 Å². The smallest absolute Gasteiger partial charge is 0.266 e. The largest absolute Gasteiger partial charge is 0.443 e. The third-order valence-electron chi connectivity index (χ3n) is 5.46. The minimum absolute atomic E-state index is 0.00763. The fourth-order valence-electron chi connectivity index (χ4n) is 3.71. The summed E-state index contributed by atoms with van der Waals surface area (Å²) in [7, 11) is 1.72. The van der Waals surface area contributed by atoms with Gasteiger partial charge in [0.25, 0.3) is 11.8 Å². The lowest BCUT2D eigenvalue weighted by Crippen LogP contribution is -2.26. The summed E-state index contributed by atoms with van der Waals surface area (Å²) in [6.07, 6.45) is 3.73. The third-order valence-corrected chi connectivity index (χ3v) is 6.87. The van der Waals surface area contributed by atoms with Crippen molar-refractivity contribution in [3.8, 4) is 23.2 Å². The van der Waals surface area contributed by atoms with Gasteiger partial charge in [0.2, 0.25) is 11.8 Å². The van der Waals surface area contributed by atoms with E-state index in [1.807, 2.05) is 30.5 Å². The van der Waals surface area contributed by atoms with Gasteiger partial charge in [-0.15, -0.1) is 21.5 Å². The van der Waals surface area contributed by atoms with Crippen LogP contribution in [-0.4, -0.2) is 43.0 Å². The molecule has 0 radical (unpaired) electrons. The summed E-state index contributed by atoms with van der Waals surface area (Å²) in [4.78, 5) is 28.1. The molecular weight excluding hydrogens is 544 g/mol. The second kappa shape index (κ2) is 10.5. The maximum Gasteiger partial charge on any atom is 0.266 e. The van der Waals surface area contributed by atoms with Crippen molar-refractivity contribution in [2.24, 2.45) is 0 Å². The van der Waals surface area contributed by atoms with Crippen molar-refractivity contribution in [3.05, 3.63) is 86.9 Å². The molecule has 0 aliphatic carbocycles. The van der Waals surface area contributed by atoms with E-state index in [-0.39, 0.29) is 23.6 Å². The topological polar surface area (TPSA) is 111 Å². The van der Waals surface area contributed by atoms with Gasteiger partial charge in [0.15, 0.2) is 3.92 Å². The zero-order valence-electron chi connectivity index (χ0n) is 19.5. The van der Waals surface area contributed by atoms with Gasteiger partial charge in [-0.2, -0.15) is 0 Å². The monoisotopic (exact) mass is 564 g/mol. The second-order valence-corrected chi connectivity index (χ2v) is 10.4. The van der Waals surface area contributed by atoms with E-state index in [1.54, 1.807) is 24.1 Å². The highest BCUT2D eigenvalue weighted by atomic mass is 79.9. The van der Waals surface area contributed by atoms with Gasteiger partial charge in [0, 0.05) is 23.9 Å². The normalized spacial score (nSPS) is 12.0. The van der Waals surface area contributed by atoms with E-state index < -0.39 is 0 Å². The van der Waals surface area contributed by atoms with Gasteiger partial charge in [-0.25, -0.2) is 15.0 Å². The van der Waals surface area contributed by atoms with Crippen molar-refractivity contribution in [1.82, 2.24) is 30.0 Å². The highest BCUT2D eigenvalue weighted by Gasteiger charge is 2.22. The molecule has 36 heavy (non-hydrogen) atoms. The zero-order chi connectivity index (χ0) is 25.1. The molecule has 4 heterocycles. The number of pyridine rings is 1. The number of halogens is 1. The second-order valence-electron chi connectivity index (χ2n) is 8.25. The zero-order valence-corrected chi connectivity index (χ0v) is 21.9. The van der Waals surface area contributed by atoms with Crippen molar-refractivity contribution in [2.75, 3.05) is 7.05 Å². The third kappa shape index (κ3) is 5.42. The summed E-state index contributed by atoms with van der Waals surface area (Å²) < 4.78 is 12.2. The first-order chi connectivity index (χ1) is 17.5. The number of amides is 1. The molecule has 4 aromatic heterocycles. The van der Waals surface area contributed by atoms with E-state index in [2.05, 4.69) is 53.2 Å². The standard InChI is InChI=1S/C25H21BrN6O3S/c1-15(10-16-6-4-3-5-7-16)21-30-31-23(35-21)20-12-17(11-19(29-20)22-27-8-9-34-22)24(33)32(2)13-18-14-36-25(26)28-18/h3-9,11-12,14-15H,10,13H2,1-2H3/t15-/m0/s1. The molecule has 0 aliphatic heterocycles. The fraction of sp³-hybridized carbons (Fsp3) is 0.200. The van der Waals surface area contributed by atoms with E-state index in [4.69, 9.17) is 8.83 Å². The molecule has 11 heteroatoms. The molecule has 0 saturated carbocycles. The SMILES string of the molecule is C[C@@H](Cc1ccccc1)c1nnc(-c2cc(C(=O)N(C)Cc3csc(Br)n3)cc(-c3ncco3)n2)o1. The Hall–Kier alpha value is -3.70. The van der Waals surface area contributed by atoms with Crippen LogP contribution in [0.5, 0.6) is 0 Å². The first-order valence-electron chi connectivity index (χ1n) is 11.1. The van der Waals surface area contributed by atoms with Gasteiger partial charge in [0.05, 0.1) is 18.4 Å². The van der Waals surface area contributed by atoms with Gasteiger partial charge >= 0.3 is 0 Å². The van der Waals surface area contributed by atoms with Crippen molar-refractivity contribution >= 4 is 33.2 Å². The molecule has 5 rings (SSSR count). The quantitative estimate of drug-likeness (QED) is 0.238. The van der Waals surface area contributed by atoms with Gasteiger partial charge in [-0.1, -0.05) is 37.3 Å². The van der Waals surface area contributed by atoms with Gasteiger partial charge in [-0.05, 0) is 40.0 Å². The van der Waals surface area contributed by atoms with Crippen LogP contribution in [0.4, 0.5) is 0 Å². The van der Waals surface area contributed by atoms with Gasteiger partial charge < -0.3 is 13.7 Å². The minimum Gasteiger partial charge on any atom is -0.443 e. The van der Waals surface area contributed by atoms with Crippen LogP contribution >= 0.6 is 27.3 Å². The number of carbonyl (C=O) groups excluding carboxylic acids is 1. The lowest BCUT2D eigenvalue weighted by atomic mass is 10.0. The molecule has 0 bridgehead atoms. The summed E-state index contributed by atoms with van der Waals surface area (Å²) in [5, 5.41) is 10.4. The molecule has 1 amide bonds. The predicted octanol–water partition coefficient (Wildman–Crippen LogP) is 5.62. The summed E-state index contributed by atoms with van der Waals surface area (Å²) in [5.74, 6) is 0.796. The molecule has 1 aromatic carbocycles. The molecule has 5 aromatic rings. The maximum atomic E-state index is 13.3. The summed E-state index contributed by atoms with van der Waals surface area (Å²) in [6, 6.07) is 13.4. The van der Waals surface area contributed by atoms with Crippen LogP contribution in [0.2, 0.25) is 0 Å². The fourth-order valence-corrected chi connectivity index (χ4v) is 4.74. The first kappa shape index (κ1) is 24.0.